The van der Waals surface area contributed by atoms with Gasteiger partial charge in [0.2, 0.25) is 0 Å². The topological polar surface area (TPSA) is 77.0 Å². The molecule has 3 heterocycles. The number of H-pyrrole nitrogens is 1. The molecule has 0 spiro atoms. The molecule has 0 unspecified atom stereocenters. The van der Waals surface area contributed by atoms with Gasteiger partial charge in [-0.2, -0.15) is 5.26 Å². The van der Waals surface area contributed by atoms with E-state index in [1.807, 2.05) is 42.7 Å². The Balaban J connectivity index is 1.10. The van der Waals surface area contributed by atoms with Crippen LogP contribution in [0.3, 0.4) is 0 Å². The summed E-state index contributed by atoms with van der Waals surface area (Å²) < 4.78 is 6.10. The molecule has 0 atom stereocenters. The fraction of sp³-hybridized carbons (Fsp3) is 0.235. The summed E-state index contributed by atoms with van der Waals surface area (Å²) in [5.41, 5.74) is 7.74. The van der Waals surface area contributed by atoms with E-state index in [0.29, 0.717) is 18.1 Å². The molecule has 6 rings (SSSR count). The molecule has 0 bridgehead atoms. The van der Waals surface area contributed by atoms with Crippen LogP contribution in [0.15, 0.2) is 91.4 Å². The van der Waals surface area contributed by atoms with Crippen molar-refractivity contribution in [3.63, 3.8) is 0 Å². The van der Waals surface area contributed by atoms with E-state index in [1.54, 1.807) is 6.20 Å². The summed E-state index contributed by atoms with van der Waals surface area (Å²) in [5, 5.41) is 14.5. The van der Waals surface area contributed by atoms with E-state index in [4.69, 9.17) is 4.74 Å². The van der Waals surface area contributed by atoms with Crippen LogP contribution in [0, 0.1) is 18.3 Å². The minimum Gasteiger partial charge on any atom is -0.492 e. The lowest BCUT2D eigenvalue weighted by molar-refractivity contribution is 0.173. The number of hydrogen-bond acceptors (Lipinski definition) is 5. The summed E-state index contributed by atoms with van der Waals surface area (Å²) in [4.78, 5) is 10.1. The number of rotatable bonds is 8. The van der Waals surface area contributed by atoms with Gasteiger partial charge in [-0.15, -0.1) is 0 Å². The molecular weight excluding hydrogens is 494 g/mol. The quantitative estimate of drug-likeness (QED) is 0.220. The standard InChI is InChI=1S/C34H33N5O/c1-24-30-13-16-37-33(30)12-11-32(24)38-34-28(21-35)22-36-23-31(34)27-7-9-29(10-8-27)40-20-19-39-17-14-26(15-18-39)25-5-3-2-4-6-25/h2-13,16,22-23,26,37H,14-15,17-20H2,1H3,(H,36,38). The van der Waals surface area contributed by atoms with Crippen LogP contribution in [-0.2, 0) is 0 Å². The van der Waals surface area contributed by atoms with Crippen molar-refractivity contribution in [1.29, 1.82) is 5.26 Å². The lowest BCUT2D eigenvalue weighted by atomic mass is 9.89. The maximum atomic E-state index is 9.84. The predicted molar refractivity (Wildman–Crippen MR) is 161 cm³/mol. The number of aromatic amines is 1. The van der Waals surface area contributed by atoms with Crippen LogP contribution in [0.5, 0.6) is 5.75 Å². The number of aromatic nitrogens is 2. The van der Waals surface area contributed by atoms with Gasteiger partial charge in [-0.3, -0.25) is 9.88 Å². The highest BCUT2D eigenvalue weighted by Crippen LogP contribution is 2.35. The average Bonchev–Trinajstić information content (AvgIpc) is 3.50. The number of nitriles is 1. The maximum Gasteiger partial charge on any atom is 0.119 e. The van der Waals surface area contributed by atoms with Gasteiger partial charge < -0.3 is 15.0 Å². The van der Waals surface area contributed by atoms with Crippen LogP contribution in [0.25, 0.3) is 22.0 Å². The zero-order valence-electron chi connectivity index (χ0n) is 22.7. The molecule has 5 aromatic rings. The lowest BCUT2D eigenvalue weighted by Crippen LogP contribution is -2.35. The molecule has 1 saturated heterocycles. The van der Waals surface area contributed by atoms with Gasteiger partial charge in [0.05, 0.1) is 11.3 Å². The summed E-state index contributed by atoms with van der Waals surface area (Å²) in [6, 6.07) is 27.4. The number of hydrogen-bond donors (Lipinski definition) is 2. The molecule has 0 saturated carbocycles. The average molecular weight is 528 g/mol. The van der Waals surface area contributed by atoms with Crippen molar-refractivity contribution < 1.29 is 4.74 Å². The van der Waals surface area contributed by atoms with Crippen molar-refractivity contribution in [2.45, 2.75) is 25.7 Å². The summed E-state index contributed by atoms with van der Waals surface area (Å²) >= 11 is 0. The van der Waals surface area contributed by atoms with Gasteiger partial charge in [-0.1, -0.05) is 42.5 Å². The number of ether oxygens (including phenoxy) is 1. The van der Waals surface area contributed by atoms with E-state index in [-0.39, 0.29) is 0 Å². The molecular formula is C34H33N5O. The lowest BCUT2D eigenvalue weighted by Gasteiger charge is -2.32. The van der Waals surface area contributed by atoms with Gasteiger partial charge >= 0.3 is 0 Å². The second-order valence-corrected chi connectivity index (χ2v) is 10.4. The molecule has 2 aromatic heterocycles. The molecule has 6 nitrogen and oxygen atoms in total. The van der Waals surface area contributed by atoms with Crippen LogP contribution in [0.1, 0.15) is 35.4 Å². The van der Waals surface area contributed by atoms with Gasteiger partial charge in [0.1, 0.15) is 18.4 Å². The Hall–Kier alpha value is -4.60. The van der Waals surface area contributed by atoms with Crippen LogP contribution in [0.2, 0.25) is 0 Å². The predicted octanol–water partition coefficient (Wildman–Crippen LogP) is 7.41. The first-order valence-electron chi connectivity index (χ1n) is 13.9. The fourth-order valence-corrected chi connectivity index (χ4v) is 5.69. The minimum atomic E-state index is 0.502. The first-order chi connectivity index (χ1) is 19.7. The van der Waals surface area contributed by atoms with Gasteiger partial charge in [0.15, 0.2) is 0 Å². The molecule has 1 aliphatic heterocycles. The fourth-order valence-electron chi connectivity index (χ4n) is 5.69. The second kappa shape index (κ2) is 11.6. The zero-order valence-corrected chi connectivity index (χ0v) is 22.7. The molecule has 0 aliphatic carbocycles. The molecule has 40 heavy (non-hydrogen) atoms. The first-order valence-corrected chi connectivity index (χ1v) is 13.9. The highest BCUT2D eigenvalue weighted by molar-refractivity contribution is 5.91. The van der Waals surface area contributed by atoms with Crippen molar-refractivity contribution in [3.8, 4) is 22.9 Å². The minimum absolute atomic E-state index is 0.502. The Bertz CT molecular complexity index is 1630. The number of fused-ring (bicyclic) bond motifs is 1. The van der Waals surface area contributed by atoms with Crippen LogP contribution in [-0.4, -0.2) is 41.1 Å². The number of nitrogens with one attached hydrogen (secondary N) is 2. The third kappa shape index (κ3) is 5.42. The van der Waals surface area contributed by atoms with E-state index < -0.39 is 0 Å². The second-order valence-electron chi connectivity index (χ2n) is 10.4. The summed E-state index contributed by atoms with van der Waals surface area (Å²) in [5.74, 6) is 1.51. The van der Waals surface area contributed by atoms with E-state index in [2.05, 4.69) is 75.6 Å². The largest absolute Gasteiger partial charge is 0.492 e. The molecule has 0 radical (unpaired) electrons. The zero-order chi connectivity index (χ0) is 27.3. The van der Waals surface area contributed by atoms with Crippen molar-refractivity contribution in [2.24, 2.45) is 0 Å². The summed E-state index contributed by atoms with van der Waals surface area (Å²) in [6.45, 7) is 5.89. The SMILES string of the molecule is Cc1c(Nc2c(C#N)cncc2-c2ccc(OCCN3CCC(c4ccccc4)CC3)cc2)ccc2[nH]ccc12. The Morgan fingerprint density at radius 2 is 1.80 bits per heavy atom. The first kappa shape index (κ1) is 25.7. The van der Waals surface area contributed by atoms with Crippen LogP contribution in [0.4, 0.5) is 11.4 Å². The highest BCUT2D eigenvalue weighted by Gasteiger charge is 2.20. The van der Waals surface area contributed by atoms with Gasteiger partial charge in [-0.05, 0) is 85.8 Å². The Morgan fingerprint density at radius 3 is 2.58 bits per heavy atom. The molecule has 6 heteroatoms. The van der Waals surface area contributed by atoms with E-state index >= 15 is 0 Å². The monoisotopic (exact) mass is 527 g/mol. The van der Waals surface area contributed by atoms with Crippen molar-refractivity contribution >= 4 is 22.3 Å². The molecule has 0 amide bonds. The molecule has 3 aromatic carbocycles. The molecule has 1 fully saturated rings. The van der Waals surface area contributed by atoms with E-state index in [1.165, 1.54) is 18.4 Å². The molecule has 200 valence electrons. The number of nitrogens with zero attached hydrogens (tertiary/aromatic N) is 3. The van der Waals surface area contributed by atoms with Gasteiger partial charge in [-0.25, -0.2) is 0 Å². The Kier molecular flexibility index (Phi) is 7.47. The maximum absolute atomic E-state index is 9.84. The highest BCUT2D eigenvalue weighted by atomic mass is 16.5. The smallest absolute Gasteiger partial charge is 0.119 e. The molecule has 1 aliphatic rings. The third-order valence-electron chi connectivity index (χ3n) is 8.03. The number of aryl methyl sites for hydroxylation is 1. The number of likely N-dealkylation sites (tertiary alicyclic amines) is 1. The van der Waals surface area contributed by atoms with Gasteiger partial charge in [0, 0.05) is 47.3 Å². The van der Waals surface area contributed by atoms with Crippen molar-refractivity contribution in [2.75, 3.05) is 31.6 Å². The third-order valence-corrected chi connectivity index (χ3v) is 8.03. The number of piperidine rings is 1. The normalized spacial score (nSPS) is 14.2. The Labute approximate surface area is 235 Å². The number of benzene rings is 3. The van der Waals surface area contributed by atoms with Crippen molar-refractivity contribution in [1.82, 2.24) is 14.9 Å². The van der Waals surface area contributed by atoms with E-state index in [9.17, 15) is 5.26 Å². The summed E-state index contributed by atoms with van der Waals surface area (Å²) in [6.07, 6.45) is 7.75. The molecule has 2 N–H and O–H groups in total. The number of anilines is 2. The Morgan fingerprint density at radius 1 is 1.00 bits per heavy atom. The summed E-state index contributed by atoms with van der Waals surface area (Å²) in [7, 11) is 0. The van der Waals surface area contributed by atoms with Crippen LogP contribution >= 0.6 is 0 Å². The number of pyridine rings is 1. The van der Waals surface area contributed by atoms with Crippen LogP contribution < -0.4 is 10.1 Å². The van der Waals surface area contributed by atoms with Gasteiger partial charge in [0.25, 0.3) is 0 Å². The van der Waals surface area contributed by atoms with Crippen molar-refractivity contribution in [3.05, 3.63) is 108 Å². The van der Waals surface area contributed by atoms with E-state index in [0.717, 1.165) is 64.4 Å².